The van der Waals surface area contributed by atoms with Crippen LogP contribution in [0.5, 0.6) is 0 Å². The van der Waals surface area contributed by atoms with Crippen molar-refractivity contribution in [2.24, 2.45) is 0 Å². The zero-order valence-electron chi connectivity index (χ0n) is 15.5. The third-order valence-corrected chi connectivity index (χ3v) is 7.08. The number of nitrogens with zero attached hydrogens (tertiary/aromatic N) is 1. The molecule has 8 heteroatoms. The number of hydrogen-bond donors (Lipinski definition) is 1. The van der Waals surface area contributed by atoms with E-state index in [4.69, 9.17) is 11.6 Å². The van der Waals surface area contributed by atoms with Gasteiger partial charge in [0.15, 0.2) is 0 Å². The smallest absolute Gasteiger partial charge is 0.243 e. The Kier molecular flexibility index (Phi) is 6.37. The van der Waals surface area contributed by atoms with E-state index >= 15 is 0 Å². The molecule has 0 spiro atoms. The largest absolute Gasteiger partial charge is 0.326 e. The molecule has 0 radical (unpaired) electrons. The highest BCUT2D eigenvalue weighted by atomic mass is 35.5. The fourth-order valence-electron chi connectivity index (χ4n) is 3.34. The molecule has 2 aromatic carbocycles. The number of benzene rings is 2. The van der Waals surface area contributed by atoms with Crippen LogP contribution >= 0.6 is 11.6 Å². The monoisotopic (exact) mass is 424 g/mol. The van der Waals surface area contributed by atoms with Crippen molar-refractivity contribution in [2.45, 2.75) is 43.5 Å². The van der Waals surface area contributed by atoms with Gasteiger partial charge in [-0.1, -0.05) is 35.7 Å². The minimum Gasteiger partial charge on any atom is -0.326 e. The van der Waals surface area contributed by atoms with E-state index < -0.39 is 21.9 Å². The second-order valence-corrected chi connectivity index (χ2v) is 9.26. The summed E-state index contributed by atoms with van der Waals surface area (Å²) in [5.41, 5.74) is 1.35. The van der Waals surface area contributed by atoms with E-state index in [1.54, 1.807) is 24.3 Å². The maximum atomic E-state index is 13.3. The van der Waals surface area contributed by atoms with Gasteiger partial charge in [0.2, 0.25) is 15.9 Å². The normalized spacial score (nSPS) is 18.0. The molecule has 1 saturated heterocycles. The van der Waals surface area contributed by atoms with E-state index in [1.165, 1.54) is 22.5 Å². The molecule has 0 aromatic heterocycles. The molecule has 1 atom stereocenters. The summed E-state index contributed by atoms with van der Waals surface area (Å²) in [6.07, 6.45) is 2.26. The molecule has 0 bridgehead atoms. The van der Waals surface area contributed by atoms with Crippen molar-refractivity contribution in [3.8, 4) is 0 Å². The fraction of sp³-hybridized carbons (Fsp3) is 0.350. The first-order valence-corrected chi connectivity index (χ1v) is 10.9. The number of nitrogens with one attached hydrogen (secondary N) is 1. The Balaban J connectivity index is 1.74. The summed E-state index contributed by atoms with van der Waals surface area (Å²) >= 11 is 5.74. The lowest BCUT2D eigenvalue weighted by Crippen LogP contribution is -2.45. The van der Waals surface area contributed by atoms with Crippen molar-refractivity contribution in [3.05, 3.63) is 58.9 Å². The van der Waals surface area contributed by atoms with Gasteiger partial charge in [-0.3, -0.25) is 4.79 Å². The Labute approximate surface area is 169 Å². The van der Waals surface area contributed by atoms with Crippen molar-refractivity contribution in [1.82, 2.24) is 4.31 Å². The number of carbonyl (C=O) groups is 1. The zero-order valence-corrected chi connectivity index (χ0v) is 17.1. The lowest BCUT2D eigenvalue weighted by atomic mass is 10.0. The summed E-state index contributed by atoms with van der Waals surface area (Å²) in [6, 6.07) is 10.2. The topological polar surface area (TPSA) is 66.5 Å². The molecule has 1 aliphatic heterocycles. The van der Waals surface area contributed by atoms with Crippen LogP contribution in [0.1, 0.15) is 31.2 Å². The number of amides is 1. The molecule has 1 heterocycles. The van der Waals surface area contributed by atoms with Crippen LogP contribution in [0, 0.1) is 12.7 Å². The van der Waals surface area contributed by atoms with Gasteiger partial charge in [0.05, 0.1) is 9.92 Å². The average Bonchev–Trinajstić information content (AvgIpc) is 2.65. The van der Waals surface area contributed by atoms with Gasteiger partial charge < -0.3 is 5.32 Å². The minimum absolute atomic E-state index is 0.0279. The van der Waals surface area contributed by atoms with E-state index in [-0.39, 0.29) is 22.2 Å². The van der Waals surface area contributed by atoms with E-state index in [0.717, 1.165) is 18.4 Å². The summed E-state index contributed by atoms with van der Waals surface area (Å²) < 4.78 is 40.8. The van der Waals surface area contributed by atoms with Crippen molar-refractivity contribution >= 4 is 33.2 Å². The number of halogens is 2. The van der Waals surface area contributed by atoms with E-state index in [2.05, 4.69) is 5.32 Å². The van der Waals surface area contributed by atoms with Gasteiger partial charge in [0.25, 0.3) is 0 Å². The summed E-state index contributed by atoms with van der Waals surface area (Å²) in [6.45, 7) is 2.28. The van der Waals surface area contributed by atoms with Crippen LogP contribution in [0.25, 0.3) is 0 Å². The van der Waals surface area contributed by atoms with Gasteiger partial charge in [0.1, 0.15) is 5.82 Å². The van der Waals surface area contributed by atoms with Crippen LogP contribution in [0.2, 0.25) is 5.02 Å². The number of rotatable bonds is 5. The van der Waals surface area contributed by atoms with Crippen LogP contribution < -0.4 is 5.32 Å². The molecular formula is C20H22ClFN2O3S. The van der Waals surface area contributed by atoms with Crippen molar-refractivity contribution in [3.63, 3.8) is 0 Å². The standard InChI is InChI=1S/C20H22ClFN2O3S/c1-14-5-8-17(9-6-14)28(26,27)24-11-3-2-4-16(24)13-20(25)23-15-7-10-19(22)18(21)12-15/h5-10,12,16H,2-4,11,13H2,1H3,(H,23,25)/t16-/m0/s1. The van der Waals surface area contributed by atoms with Gasteiger partial charge in [-0.05, 0) is 50.1 Å². The van der Waals surface area contributed by atoms with E-state index in [1.807, 2.05) is 6.92 Å². The first-order valence-electron chi connectivity index (χ1n) is 9.11. The fourth-order valence-corrected chi connectivity index (χ4v) is 5.21. The lowest BCUT2D eigenvalue weighted by molar-refractivity contribution is -0.117. The zero-order chi connectivity index (χ0) is 20.3. The molecule has 3 rings (SSSR count). The summed E-state index contributed by atoms with van der Waals surface area (Å²) in [4.78, 5) is 12.7. The molecule has 1 aliphatic rings. The molecule has 150 valence electrons. The highest BCUT2D eigenvalue weighted by Gasteiger charge is 2.34. The predicted octanol–water partition coefficient (Wildman–Crippen LogP) is 4.36. The number of aryl methyl sites for hydroxylation is 1. The van der Waals surface area contributed by atoms with Crippen molar-refractivity contribution in [1.29, 1.82) is 0 Å². The third-order valence-electron chi connectivity index (χ3n) is 4.83. The number of anilines is 1. The molecule has 2 aromatic rings. The van der Waals surface area contributed by atoms with Crippen molar-refractivity contribution in [2.75, 3.05) is 11.9 Å². The maximum Gasteiger partial charge on any atom is 0.243 e. The highest BCUT2D eigenvalue weighted by molar-refractivity contribution is 7.89. The first kappa shape index (κ1) is 20.8. The minimum atomic E-state index is -3.68. The summed E-state index contributed by atoms with van der Waals surface area (Å²) in [5, 5.41) is 2.58. The lowest BCUT2D eigenvalue weighted by Gasteiger charge is -2.34. The second kappa shape index (κ2) is 8.59. The molecule has 1 N–H and O–H groups in total. The first-order chi connectivity index (χ1) is 13.3. The van der Waals surface area contributed by atoms with Gasteiger partial charge in [0, 0.05) is 24.7 Å². The molecule has 1 amide bonds. The van der Waals surface area contributed by atoms with Crippen LogP contribution in [-0.2, 0) is 14.8 Å². The van der Waals surface area contributed by atoms with Crippen molar-refractivity contribution < 1.29 is 17.6 Å². The van der Waals surface area contributed by atoms with E-state index in [9.17, 15) is 17.6 Å². The van der Waals surface area contributed by atoms with E-state index in [0.29, 0.717) is 18.7 Å². The quantitative estimate of drug-likeness (QED) is 0.775. The maximum absolute atomic E-state index is 13.3. The molecule has 5 nitrogen and oxygen atoms in total. The number of hydrogen-bond acceptors (Lipinski definition) is 3. The van der Waals surface area contributed by atoms with Crippen LogP contribution in [0.4, 0.5) is 10.1 Å². The highest BCUT2D eigenvalue weighted by Crippen LogP contribution is 2.28. The molecule has 1 fully saturated rings. The average molecular weight is 425 g/mol. The second-order valence-electron chi connectivity index (χ2n) is 6.96. The summed E-state index contributed by atoms with van der Waals surface area (Å²) in [7, 11) is -3.68. The Morgan fingerprint density at radius 1 is 1.21 bits per heavy atom. The number of carbonyl (C=O) groups excluding carboxylic acids is 1. The van der Waals surface area contributed by atoms with Crippen LogP contribution in [-0.4, -0.2) is 31.2 Å². The Hall–Kier alpha value is -1.96. The SMILES string of the molecule is Cc1ccc(S(=O)(=O)N2CCCC[C@H]2CC(=O)Nc2ccc(F)c(Cl)c2)cc1. The third kappa shape index (κ3) is 4.71. The van der Waals surface area contributed by atoms with Crippen LogP contribution in [0.15, 0.2) is 47.4 Å². The Morgan fingerprint density at radius 3 is 2.61 bits per heavy atom. The Bertz CT molecular complexity index is 964. The van der Waals surface area contributed by atoms with Gasteiger partial charge in [-0.2, -0.15) is 4.31 Å². The predicted molar refractivity (Wildman–Crippen MR) is 107 cm³/mol. The molecule has 0 unspecified atom stereocenters. The summed E-state index contributed by atoms with van der Waals surface area (Å²) in [5.74, 6) is -0.902. The van der Waals surface area contributed by atoms with Gasteiger partial charge in [-0.15, -0.1) is 0 Å². The molecular weight excluding hydrogens is 403 g/mol. The molecule has 28 heavy (non-hydrogen) atoms. The number of piperidine rings is 1. The van der Waals surface area contributed by atoms with Crippen LogP contribution in [0.3, 0.4) is 0 Å². The van der Waals surface area contributed by atoms with Gasteiger partial charge >= 0.3 is 0 Å². The molecule has 0 aliphatic carbocycles. The Morgan fingerprint density at radius 2 is 1.93 bits per heavy atom. The van der Waals surface area contributed by atoms with Gasteiger partial charge in [-0.25, -0.2) is 12.8 Å². The molecule has 0 saturated carbocycles. The number of sulfonamides is 1.